The molecule has 0 unspecified atom stereocenters. The lowest BCUT2D eigenvalue weighted by Gasteiger charge is -2.11. The molecule has 3 aromatic rings. The molecular formula is C26H28N2O4. The van der Waals surface area contributed by atoms with E-state index >= 15 is 0 Å². The number of phenols is 1. The number of carbonyl (C=O) groups excluding carboxylic acids is 1. The normalized spacial score (nSPS) is 11.1. The first-order valence-electron chi connectivity index (χ1n) is 10.8. The van der Waals surface area contributed by atoms with Gasteiger partial charge in [0.25, 0.3) is 0 Å². The molecule has 0 heterocycles. The predicted molar refractivity (Wildman–Crippen MR) is 126 cm³/mol. The number of anilines is 1. The number of oxime groups is 1. The highest BCUT2D eigenvalue weighted by Crippen LogP contribution is 2.26. The number of nitrogens with one attached hydrogen (secondary N) is 1. The van der Waals surface area contributed by atoms with Gasteiger partial charge in [0.05, 0.1) is 12.3 Å². The summed E-state index contributed by atoms with van der Waals surface area (Å²) < 4.78 is 5.71. The Balaban J connectivity index is 1.76. The van der Waals surface area contributed by atoms with Crippen LogP contribution < -0.4 is 10.1 Å². The molecule has 0 atom stereocenters. The van der Waals surface area contributed by atoms with Crippen molar-refractivity contribution in [2.45, 2.75) is 32.6 Å². The fourth-order valence-electron chi connectivity index (χ4n) is 3.11. The average Bonchev–Trinajstić information content (AvgIpc) is 2.81. The van der Waals surface area contributed by atoms with Gasteiger partial charge in [-0.3, -0.25) is 10.2 Å². The van der Waals surface area contributed by atoms with E-state index in [0.29, 0.717) is 35.7 Å². The predicted octanol–water partition coefficient (Wildman–Crippen LogP) is 6.16. The first-order valence-corrected chi connectivity index (χ1v) is 10.8. The molecule has 3 rings (SSSR count). The lowest BCUT2D eigenvalue weighted by molar-refractivity contribution is 0.166. The molecule has 166 valence electrons. The maximum Gasteiger partial charge on any atom is 0.437 e. The van der Waals surface area contributed by atoms with Gasteiger partial charge in [-0.2, -0.15) is 0 Å². The van der Waals surface area contributed by atoms with Crippen molar-refractivity contribution in [1.82, 2.24) is 0 Å². The van der Waals surface area contributed by atoms with Gasteiger partial charge in [0.1, 0.15) is 11.5 Å². The molecule has 2 N–H and O–H groups in total. The highest BCUT2D eigenvalue weighted by Gasteiger charge is 2.14. The number of para-hydroxylation sites is 1. The second-order valence-electron chi connectivity index (χ2n) is 7.30. The third kappa shape index (κ3) is 7.16. The van der Waals surface area contributed by atoms with Crippen LogP contribution in [0.2, 0.25) is 0 Å². The van der Waals surface area contributed by atoms with E-state index in [1.165, 1.54) is 0 Å². The quantitative estimate of drug-likeness (QED) is 0.174. The molecule has 0 aliphatic carbocycles. The molecule has 0 aromatic heterocycles. The van der Waals surface area contributed by atoms with Crippen molar-refractivity contribution >= 4 is 17.5 Å². The zero-order chi connectivity index (χ0) is 22.6. The standard InChI is InChI=1S/C26H28N2O4/c1-2-3-10-17-31-22-15-16-23(25(29)19-22)24(18-20-11-6-4-7-12-20)28-32-26(30)27-21-13-8-5-9-14-21/h4-9,11-16,19,29H,2-3,10,17-18H2,1H3,(H,27,30)/b28-24-. The van der Waals surface area contributed by atoms with Crippen LogP contribution in [0.5, 0.6) is 11.5 Å². The molecule has 1 amide bonds. The molecule has 0 saturated carbocycles. The van der Waals surface area contributed by atoms with Crippen LogP contribution in [0.25, 0.3) is 0 Å². The maximum atomic E-state index is 12.2. The summed E-state index contributed by atoms with van der Waals surface area (Å²) in [5.74, 6) is 0.601. The molecule has 0 saturated heterocycles. The zero-order valence-corrected chi connectivity index (χ0v) is 18.2. The van der Waals surface area contributed by atoms with Gasteiger partial charge >= 0.3 is 6.09 Å². The van der Waals surface area contributed by atoms with Gasteiger partial charge in [0, 0.05) is 23.7 Å². The van der Waals surface area contributed by atoms with E-state index < -0.39 is 6.09 Å². The number of carbonyl (C=O) groups is 1. The Morgan fingerprint density at radius 2 is 1.69 bits per heavy atom. The molecule has 32 heavy (non-hydrogen) atoms. The van der Waals surface area contributed by atoms with Crippen LogP contribution in [0.15, 0.2) is 84.0 Å². The van der Waals surface area contributed by atoms with Crippen molar-refractivity contribution in [2.24, 2.45) is 5.16 Å². The molecular weight excluding hydrogens is 404 g/mol. The van der Waals surface area contributed by atoms with Gasteiger partial charge in [0.15, 0.2) is 0 Å². The summed E-state index contributed by atoms with van der Waals surface area (Å²) in [6, 6.07) is 23.7. The fourth-order valence-corrected chi connectivity index (χ4v) is 3.11. The molecule has 0 fully saturated rings. The molecule has 3 aromatic carbocycles. The van der Waals surface area contributed by atoms with Crippen LogP contribution in [0.1, 0.15) is 37.3 Å². The van der Waals surface area contributed by atoms with E-state index in [2.05, 4.69) is 17.4 Å². The number of phenolic OH excluding ortho intramolecular Hbond substituents is 1. The van der Waals surface area contributed by atoms with Crippen molar-refractivity contribution in [1.29, 1.82) is 0 Å². The zero-order valence-electron chi connectivity index (χ0n) is 18.2. The van der Waals surface area contributed by atoms with Crippen molar-refractivity contribution in [3.8, 4) is 11.5 Å². The summed E-state index contributed by atoms with van der Waals surface area (Å²) in [6.45, 7) is 2.73. The Labute approximate surface area is 188 Å². The number of hydrogen-bond donors (Lipinski definition) is 2. The number of unbranched alkanes of at least 4 members (excludes halogenated alkanes) is 2. The largest absolute Gasteiger partial charge is 0.507 e. The Kier molecular flexibility index (Phi) is 8.69. The number of ether oxygens (including phenoxy) is 1. The topological polar surface area (TPSA) is 80.2 Å². The van der Waals surface area contributed by atoms with E-state index in [1.807, 2.05) is 48.5 Å². The van der Waals surface area contributed by atoms with Crippen molar-refractivity contribution in [2.75, 3.05) is 11.9 Å². The van der Waals surface area contributed by atoms with Gasteiger partial charge in [-0.15, -0.1) is 0 Å². The van der Waals surface area contributed by atoms with E-state index in [-0.39, 0.29) is 5.75 Å². The third-order valence-corrected chi connectivity index (χ3v) is 4.77. The SMILES string of the molecule is CCCCCOc1ccc(/C(Cc2ccccc2)=N\OC(=O)Nc2ccccc2)c(O)c1. The molecule has 0 bridgehead atoms. The first kappa shape index (κ1) is 22.9. The van der Waals surface area contributed by atoms with Gasteiger partial charge in [0.2, 0.25) is 0 Å². The van der Waals surface area contributed by atoms with Gasteiger partial charge in [-0.1, -0.05) is 73.5 Å². The van der Waals surface area contributed by atoms with Crippen molar-refractivity contribution in [3.63, 3.8) is 0 Å². The second kappa shape index (κ2) is 12.2. The summed E-state index contributed by atoms with van der Waals surface area (Å²) >= 11 is 0. The summed E-state index contributed by atoms with van der Waals surface area (Å²) in [4.78, 5) is 17.3. The van der Waals surface area contributed by atoms with Gasteiger partial charge in [-0.25, -0.2) is 4.79 Å². The molecule has 6 heteroatoms. The highest BCUT2D eigenvalue weighted by molar-refractivity contribution is 6.04. The summed E-state index contributed by atoms with van der Waals surface area (Å²) in [6.07, 6.45) is 2.84. The van der Waals surface area contributed by atoms with E-state index in [9.17, 15) is 9.90 Å². The van der Waals surface area contributed by atoms with E-state index in [4.69, 9.17) is 9.57 Å². The van der Waals surface area contributed by atoms with Crippen LogP contribution in [-0.2, 0) is 11.3 Å². The van der Waals surface area contributed by atoms with E-state index in [0.717, 1.165) is 24.8 Å². The lowest BCUT2D eigenvalue weighted by atomic mass is 10.0. The van der Waals surface area contributed by atoms with Gasteiger partial charge in [-0.05, 0) is 36.2 Å². The second-order valence-corrected chi connectivity index (χ2v) is 7.30. The Hall–Kier alpha value is -3.80. The van der Waals surface area contributed by atoms with E-state index in [1.54, 1.807) is 30.3 Å². The third-order valence-electron chi connectivity index (χ3n) is 4.77. The Morgan fingerprint density at radius 3 is 2.38 bits per heavy atom. The number of rotatable bonds is 10. The smallest absolute Gasteiger partial charge is 0.437 e. The number of nitrogens with zero attached hydrogens (tertiary/aromatic N) is 1. The summed E-state index contributed by atoms with van der Waals surface area (Å²) in [5.41, 5.74) is 2.47. The Morgan fingerprint density at radius 1 is 0.969 bits per heavy atom. The number of benzene rings is 3. The van der Waals surface area contributed by atoms with Crippen molar-refractivity contribution in [3.05, 3.63) is 90.0 Å². The minimum atomic E-state index is -0.711. The molecule has 0 aliphatic rings. The highest BCUT2D eigenvalue weighted by atomic mass is 16.7. The number of aromatic hydroxyl groups is 1. The van der Waals surface area contributed by atoms with Crippen LogP contribution in [0, 0.1) is 0 Å². The average molecular weight is 433 g/mol. The van der Waals surface area contributed by atoms with Crippen LogP contribution in [0.4, 0.5) is 10.5 Å². The molecule has 0 spiro atoms. The van der Waals surface area contributed by atoms with Gasteiger partial charge < -0.3 is 9.84 Å². The van der Waals surface area contributed by atoms with Crippen LogP contribution in [-0.4, -0.2) is 23.5 Å². The lowest BCUT2D eigenvalue weighted by Crippen LogP contribution is -2.14. The molecule has 6 nitrogen and oxygen atoms in total. The minimum Gasteiger partial charge on any atom is -0.507 e. The minimum absolute atomic E-state index is 0.0136. The summed E-state index contributed by atoms with van der Waals surface area (Å²) in [7, 11) is 0. The molecule has 0 radical (unpaired) electrons. The van der Waals surface area contributed by atoms with Crippen LogP contribution >= 0.6 is 0 Å². The monoisotopic (exact) mass is 432 g/mol. The number of amides is 1. The summed E-state index contributed by atoms with van der Waals surface area (Å²) in [5, 5.41) is 17.3. The number of hydrogen-bond acceptors (Lipinski definition) is 5. The Bertz CT molecular complexity index is 1020. The van der Waals surface area contributed by atoms with Crippen molar-refractivity contribution < 1.29 is 19.5 Å². The fraction of sp³-hybridized carbons (Fsp3) is 0.231. The maximum absolute atomic E-state index is 12.2. The van der Waals surface area contributed by atoms with Crippen LogP contribution in [0.3, 0.4) is 0 Å². The first-order chi connectivity index (χ1) is 15.7. The molecule has 0 aliphatic heterocycles.